The average Bonchev–Trinajstić information content (AvgIpc) is 2.72. The van der Waals surface area contributed by atoms with Crippen LogP contribution in [0.25, 0.3) is 0 Å². The Bertz CT molecular complexity index is 753. The highest BCUT2D eigenvalue weighted by Gasteiger charge is 2.17. The summed E-state index contributed by atoms with van der Waals surface area (Å²) in [6.07, 6.45) is 1.00. The Hall–Kier alpha value is -2.45. The SMILES string of the molecule is COc1nc(OC)nc(N(CCCN2CCOCC2)Cc2cc(C)cc(C)c2)n1. The molecule has 1 aromatic heterocycles. The van der Waals surface area contributed by atoms with Crippen molar-refractivity contribution < 1.29 is 14.2 Å². The van der Waals surface area contributed by atoms with Gasteiger partial charge in [-0.2, -0.15) is 9.97 Å². The topological polar surface area (TPSA) is 72.8 Å². The van der Waals surface area contributed by atoms with E-state index in [-0.39, 0.29) is 12.0 Å². The number of aryl methyl sites for hydroxylation is 2. The van der Waals surface area contributed by atoms with E-state index in [0.717, 1.165) is 45.8 Å². The number of nitrogens with zero attached hydrogens (tertiary/aromatic N) is 5. The number of benzene rings is 1. The van der Waals surface area contributed by atoms with E-state index in [1.807, 2.05) is 0 Å². The molecule has 1 aromatic carbocycles. The van der Waals surface area contributed by atoms with Gasteiger partial charge in [-0.1, -0.05) is 29.3 Å². The summed E-state index contributed by atoms with van der Waals surface area (Å²) in [5, 5.41) is 0. The van der Waals surface area contributed by atoms with Crippen molar-refractivity contribution in [2.45, 2.75) is 26.8 Å². The largest absolute Gasteiger partial charge is 0.467 e. The number of hydrogen-bond donors (Lipinski definition) is 0. The lowest BCUT2D eigenvalue weighted by Crippen LogP contribution is -2.38. The number of hydrogen-bond acceptors (Lipinski definition) is 8. The van der Waals surface area contributed by atoms with Crippen molar-refractivity contribution in [2.75, 3.05) is 58.5 Å². The second-order valence-electron chi connectivity index (χ2n) is 7.33. The van der Waals surface area contributed by atoms with Crippen LogP contribution in [0.2, 0.25) is 0 Å². The van der Waals surface area contributed by atoms with Crippen molar-refractivity contribution in [1.29, 1.82) is 0 Å². The van der Waals surface area contributed by atoms with E-state index in [9.17, 15) is 0 Å². The Kier molecular flexibility index (Phi) is 7.60. The molecule has 2 heterocycles. The molecule has 0 radical (unpaired) electrons. The molecule has 0 bridgehead atoms. The molecule has 1 aliphatic heterocycles. The van der Waals surface area contributed by atoms with Crippen molar-refractivity contribution in [3.63, 3.8) is 0 Å². The van der Waals surface area contributed by atoms with Gasteiger partial charge in [-0.15, -0.1) is 4.98 Å². The summed E-state index contributed by atoms with van der Waals surface area (Å²) in [6, 6.07) is 7.10. The van der Waals surface area contributed by atoms with Gasteiger partial charge in [-0.25, -0.2) is 0 Å². The average molecular weight is 402 g/mol. The first-order chi connectivity index (χ1) is 14.1. The summed E-state index contributed by atoms with van der Waals surface area (Å²) in [5.41, 5.74) is 3.73. The molecule has 29 heavy (non-hydrogen) atoms. The Morgan fingerprint density at radius 3 is 2.17 bits per heavy atom. The van der Waals surface area contributed by atoms with E-state index in [0.29, 0.717) is 12.5 Å². The number of anilines is 1. The summed E-state index contributed by atoms with van der Waals surface area (Å²) < 4.78 is 15.9. The molecule has 158 valence electrons. The van der Waals surface area contributed by atoms with Crippen LogP contribution in [0.1, 0.15) is 23.1 Å². The number of aromatic nitrogens is 3. The number of morpholine rings is 1. The molecule has 8 heteroatoms. The normalized spacial score (nSPS) is 14.6. The minimum atomic E-state index is 0.255. The van der Waals surface area contributed by atoms with Crippen molar-refractivity contribution in [3.05, 3.63) is 34.9 Å². The van der Waals surface area contributed by atoms with E-state index >= 15 is 0 Å². The lowest BCUT2D eigenvalue weighted by molar-refractivity contribution is 0.0376. The molecule has 0 N–H and O–H groups in total. The standard InChI is InChI=1S/C21H31N5O3/c1-16-12-17(2)14-18(13-16)15-26(7-5-6-25-8-10-29-11-9-25)19-22-20(27-3)24-21(23-19)28-4/h12-14H,5-11,15H2,1-4H3. The van der Waals surface area contributed by atoms with Crippen LogP contribution in [0.4, 0.5) is 5.95 Å². The highest BCUT2D eigenvalue weighted by molar-refractivity contribution is 5.36. The molecule has 0 aliphatic carbocycles. The Morgan fingerprint density at radius 1 is 0.966 bits per heavy atom. The van der Waals surface area contributed by atoms with Crippen LogP contribution in [0.3, 0.4) is 0 Å². The summed E-state index contributed by atoms with van der Waals surface area (Å²) in [7, 11) is 3.09. The Balaban J connectivity index is 1.78. The van der Waals surface area contributed by atoms with Gasteiger partial charge < -0.3 is 19.1 Å². The van der Waals surface area contributed by atoms with Crippen LogP contribution in [-0.2, 0) is 11.3 Å². The van der Waals surface area contributed by atoms with Gasteiger partial charge in [0.2, 0.25) is 5.95 Å². The molecule has 0 unspecified atom stereocenters. The lowest BCUT2D eigenvalue weighted by Gasteiger charge is -2.28. The summed E-state index contributed by atoms with van der Waals surface area (Å²) in [4.78, 5) is 17.7. The van der Waals surface area contributed by atoms with Crippen LogP contribution in [0.5, 0.6) is 12.0 Å². The van der Waals surface area contributed by atoms with E-state index in [1.54, 1.807) is 14.2 Å². The third kappa shape index (κ3) is 6.27. The summed E-state index contributed by atoms with van der Waals surface area (Å²) in [5.74, 6) is 0.565. The molecule has 1 fully saturated rings. The first kappa shape index (κ1) is 21.3. The zero-order valence-electron chi connectivity index (χ0n) is 17.8. The van der Waals surface area contributed by atoms with Gasteiger partial charge >= 0.3 is 12.0 Å². The molecule has 3 rings (SSSR count). The maximum absolute atomic E-state index is 5.44. The predicted octanol–water partition coefficient (Wildman–Crippen LogP) is 2.23. The van der Waals surface area contributed by atoms with Gasteiger partial charge in [0.25, 0.3) is 0 Å². The van der Waals surface area contributed by atoms with Gasteiger partial charge in [0.15, 0.2) is 0 Å². The molecule has 0 amide bonds. The van der Waals surface area contributed by atoms with Crippen LogP contribution in [-0.4, -0.2) is 73.5 Å². The minimum Gasteiger partial charge on any atom is -0.467 e. The molecule has 0 atom stereocenters. The maximum atomic E-state index is 5.44. The quantitative estimate of drug-likeness (QED) is 0.633. The van der Waals surface area contributed by atoms with Gasteiger partial charge in [0, 0.05) is 32.7 Å². The van der Waals surface area contributed by atoms with Crippen LogP contribution < -0.4 is 14.4 Å². The third-order valence-corrected chi connectivity index (χ3v) is 4.89. The molecule has 1 aliphatic rings. The number of methoxy groups -OCH3 is 2. The monoisotopic (exact) mass is 401 g/mol. The van der Waals surface area contributed by atoms with Crippen LogP contribution >= 0.6 is 0 Å². The fourth-order valence-corrected chi connectivity index (χ4v) is 3.59. The molecular weight excluding hydrogens is 370 g/mol. The van der Waals surface area contributed by atoms with Gasteiger partial charge in [0.1, 0.15) is 0 Å². The zero-order valence-corrected chi connectivity index (χ0v) is 17.8. The second kappa shape index (κ2) is 10.4. The van der Waals surface area contributed by atoms with Gasteiger partial charge in [-0.3, -0.25) is 4.90 Å². The highest BCUT2D eigenvalue weighted by Crippen LogP contribution is 2.20. The Labute approximate surface area is 172 Å². The molecule has 0 spiro atoms. The lowest BCUT2D eigenvalue weighted by atomic mass is 10.1. The first-order valence-corrected chi connectivity index (χ1v) is 10.0. The number of ether oxygens (including phenoxy) is 3. The van der Waals surface area contributed by atoms with Gasteiger partial charge in [0.05, 0.1) is 27.4 Å². The molecular formula is C21H31N5O3. The fourth-order valence-electron chi connectivity index (χ4n) is 3.59. The van der Waals surface area contributed by atoms with Crippen LogP contribution in [0.15, 0.2) is 18.2 Å². The summed E-state index contributed by atoms with van der Waals surface area (Å²) >= 11 is 0. The zero-order chi connectivity index (χ0) is 20.6. The predicted molar refractivity (Wildman–Crippen MR) is 112 cm³/mol. The molecule has 1 saturated heterocycles. The Morgan fingerprint density at radius 2 is 1.59 bits per heavy atom. The van der Waals surface area contributed by atoms with Crippen molar-refractivity contribution in [1.82, 2.24) is 19.9 Å². The smallest absolute Gasteiger partial charge is 0.324 e. The summed E-state index contributed by atoms with van der Waals surface area (Å²) in [6.45, 7) is 10.4. The third-order valence-electron chi connectivity index (χ3n) is 4.89. The van der Waals surface area contributed by atoms with Crippen molar-refractivity contribution >= 4 is 5.95 Å². The first-order valence-electron chi connectivity index (χ1n) is 10.0. The highest BCUT2D eigenvalue weighted by atomic mass is 16.5. The van der Waals surface area contributed by atoms with Crippen molar-refractivity contribution in [2.24, 2.45) is 0 Å². The fraction of sp³-hybridized carbons (Fsp3) is 0.571. The van der Waals surface area contributed by atoms with E-state index in [1.165, 1.54) is 16.7 Å². The molecule has 8 nitrogen and oxygen atoms in total. The minimum absolute atomic E-state index is 0.255. The van der Waals surface area contributed by atoms with E-state index in [4.69, 9.17) is 14.2 Å². The molecule has 0 saturated carbocycles. The maximum Gasteiger partial charge on any atom is 0.324 e. The van der Waals surface area contributed by atoms with Gasteiger partial charge in [-0.05, 0) is 25.8 Å². The molecule has 2 aromatic rings. The van der Waals surface area contributed by atoms with Crippen LogP contribution in [0, 0.1) is 13.8 Å². The number of rotatable bonds is 9. The van der Waals surface area contributed by atoms with Crippen molar-refractivity contribution in [3.8, 4) is 12.0 Å². The van der Waals surface area contributed by atoms with E-state index < -0.39 is 0 Å². The van der Waals surface area contributed by atoms with E-state index in [2.05, 4.69) is 56.8 Å². The second-order valence-corrected chi connectivity index (χ2v) is 7.33.